The van der Waals surface area contributed by atoms with Crippen LogP contribution in [0.5, 0.6) is 0 Å². The summed E-state index contributed by atoms with van der Waals surface area (Å²) in [7, 11) is 0. The average Bonchev–Trinajstić information content (AvgIpc) is 2.92. The molecule has 30 heavy (non-hydrogen) atoms. The molecular formula is C26H33N3O. The second-order valence-corrected chi connectivity index (χ2v) is 8.96. The summed E-state index contributed by atoms with van der Waals surface area (Å²) in [5.74, 6) is 0.116. The fourth-order valence-corrected chi connectivity index (χ4v) is 5.07. The Kier molecular flexibility index (Phi) is 5.13. The van der Waals surface area contributed by atoms with Gasteiger partial charge in [0.1, 0.15) is 5.66 Å². The molecule has 1 N–H and O–H groups in total. The monoisotopic (exact) mass is 403 g/mol. The summed E-state index contributed by atoms with van der Waals surface area (Å²) < 4.78 is 0. The Morgan fingerprint density at radius 1 is 1.10 bits per heavy atom. The second-order valence-electron chi connectivity index (χ2n) is 8.96. The smallest absolute Gasteiger partial charge is 0.223 e. The number of anilines is 2. The molecule has 1 atom stereocenters. The minimum Gasteiger partial charge on any atom is -0.372 e. The van der Waals surface area contributed by atoms with Gasteiger partial charge in [-0.25, -0.2) is 0 Å². The van der Waals surface area contributed by atoms with Gasteiger partial charge in [0.2, 0.25) is 5.91 Å². The third kappa shape index (κ3) is 3.10. The number of amides is 1. The third-order valence-corrected chi connectivity index (χ3v) is 6.93. The molecular weight excluding hydrogens is 370 g/mol. The number of carbonyl (C=O) groups is 1. The number of fused-ring (bicyclic) bond motifs is 3. The molecule has 1 fully saturated rings. The van der Waals surface area contributed by atoms with E-state index in [0.29, 0.717) is 6.42 Å². The summed E-state index contributed by atoms with van der Waals surface area (Å²) in [6.07, 6.45) is 4.88. The molecule has 4 rings (SSSR count). The molecule has 0 unspecified atom stereocenters. The standard InChI is InChI=1S/C26H33N3O/c1-6-28(7-2)21-11-9-20(10-12-21)14-16-26-25(4,5)22-18-19(3)8-13-23(22)29(26)17-15-24(30)27-26/h8-14,16,18H,6-7,15,17H2,1-5H3,(H,27,30)/b16-14+/t26-/m0/s1. The Hall–Kier alpha value is -2.75. The SMILES string of the molecule is CCN(CC)c1ccc(/C=C/[C@]23NC(=O)CCN2c2ccc(C)cc2C3(C)C)cc1. The molecule has 0 saturated carbocycles. The summed E-state index contributed by atoms with van der Waals surface area (Å²) in [4.78, 5) is 17.3. The van der Waals surface area contributed by atoms with Crippen LogP contribution in [0.15, 0.2) is 48.5 Å². The van der Waals surface area contributed by atoms with Crippen LogP contribution in [0.1, 0.15) is 50.8 Å². The van der Waals surface area contributed by atoms with Gasteiger partial charge in [-0.05, 0) is 56.2 Å². The van der Waals surface area contributed by atoms with E-state index < -0.39 is 5.66 Å². The highest BCUT2D eigenvalue weighted by atomic mass is 16.2. The van der Waals surface area contributed by atoms with Crippen LogP contribution >= 0.6 is 0 Å². The van der Waals surface area contributed by atoms with Crippen molar-refractivity contribution in [1.29, 1.82) is 0 Å². The predicted molar refractivity (Wildman–Crippen MR) is 126 cm³/mol. The highest BCUT2D eigenvalue weighted by Gasteiger charge is 2.57. The Morgan fingerprint density at radius 2 is 1.80 bits per heavy atom. The van der Waals surface area contributed by atoms with E-state index in [1.807, 2.05) is 0 Å². The van der Waals surface area contributed by atoms with Gasteiger partial charge in [-0.1, -0.05) is 49.8 Å². The van der Waals surface area contributed by atoms with Crippen molar-refractivity contribution in [2.75, 3.05) is 29.4 Å². The number of hydrogen-bond acceptors (Lipinski definition) is 3. The molecule has 2 aliphatic heterocycles. The van der Waals surface area contributed by atoms with Crippen molar-refractivity contribution in [2.45, 2.75) is 52.1 Å². The van der Waals surface area contributed by atoms with Crippen molar-refractivity contribution >= 4 is 23.4 Å². The molecule has 2 heterocycles. The van der Waals surface area contributed by atoms with E-state index in [-0.39, 0.29) is 11.3 Å². The Bertz CT molecular complexity index is 972. The van der Waals surface area contributed by atoms with Gasteiger partial charge in [0.05, 0.1) is 0 Å². The molecule has 2 aliphatic rings. The zero-order valence-electron chi connectivity index (χ0n) is 18.8. The Labute approximate surface area is 180 Å². The Morgan fingerprint density at radius 3 is 2.47 bits per heavy atom. The lowest BCUT2D eigenvalue weighted by molar-refractivity contribution is -0.124. The highest BCUT2D eigenvalue weighted by molar-refractivity contribution is 5.84. The largest absolute Gasteiger partial charge is 0.372 e. The van der Waals surface area contributed by atoms with Crippen molar-refractivity contribution in [3.63, 3.8) is 0 Å². The van der Waals surface area contributed by atoms with Crippen LogP contribution in [0.25, 0.3) is 6.08 Å². The lowest BCUT2D eigenvalue weighted by Crippen LogP contribution is -2.68. The number of hydrogen-bond donors (Lipinski definition) is 1. The first-order chi connectivity index (χ1) is 14.3. The average molecular weight is 404 g/mol. The lowest BCUT2D eigenvalue weighted by atomic mass is 9.74. The van der Waals surface area contributed by atoms with Crippen LogP contribution < -0.4 is 15.1 Å². The number of nitrogens with one attached hydrogen (secondary N) is 1. The topological polar surface area (TPSA) is 35.6 Å². The second kappa shape index (κ2) is 7.50. The van der Waals surface area contributed by atoms with E-state index in [0.717, 1.165) is 25.2 Å². The molecule has 4 nitrogen and oxygen atoms in total. The minimum atomic E-state index is -0.560. The first kappa shape index (κ1) is 20.5. The van der Waals surface area contributed by atoms with Gasteiger partial charge in [0.25, 0.3) is 0 Å². The van der Waals surface area contributed by atoms with E-state index in [1.54, 1.807) is 0 Å². The number of nitrogens with zero attached hydrogens (tertiary/aromatic N) is 2. The fraction of sp³-hybridized carbons (Fsp3) is 0.423. The summed E-state index contributed by atoms with van der Waals surface area (Å²) in [5.41, 5.74) is 5.35. The number of benzene rings is 2. The zero-order valence-corrected chi connectivity index (χ0v) is 18.8. The van der Waals surface area contributed by atoms with Crippen molar-refractivity contribution in [2.24, 2.45) is 0 Å². The highest BCUT2D eigenvalue weighted by Crippen LogP contribution is 2.52. The van der Waals surface area contributed by atoms with Crippen molar-refractivity contribution in [3.8, 4) is 0 Å². The van der Waals surface area contributed by atoms with Crippen LogP contribution in [0.2, 0.25) is 0 Å². The molecule has 0 bridgehead atoms. The van der Waals surface area contributed by atoms with Gasteiger partial charge >= 0.3 is 0 Å². The van der Waals surface area contributed by atoms with Crippen LogP contribution in [-0.4, -0.2) is 31.2 Å². The van der Waals surface area contributed by atoms with Gasteiger partial charge < -0.3 is 15.1 Å². The summed E-state index contributed by atoms with van der Waals surface area (Å²) in [6, 6.07) is 15.3. The van der Waals surface area contributed by atoms with Gasteiger partial charge in [-0.2, -0.15) is 0 Å². The molecule has 1 saturated heterocycles. The lowest BCUT2D eigenvalue weighted by Gasteiger charge is -2.49. The van der Waals surface area contributed by atoms with Crippen LogP contribution in [0.4, 0.5) is 11.4 Å². The molecule has 0 aromatic heterocycles. The number of rotatable bonds is 5. The number of aryl methyl sites for hydroxylation is 1. The van der Waals surface area contributed by atoms with Gasteiger partial charge in [0, 0.05) is 42.8 Å². The first-order valence-electron chi connectivity index (χ1n) is 11.1. The molecule has 1 amide bonds. The number of carbonyl (C=O) groups excluding carboxylic acids is 1. The van der Waals surface area contributed by atoms with E-state index in [9.17, 15) is 4.79 Å². The van der Waals surface area contributed by atoms with Crippen LogP contribution in [0, 0.1) is 6.92 Å². The molecule has 0 spiro atoms. The van der Waals surface area contributed by atoms with Crippen LogP contribution in [0.3, 0.4) is 0 Å². The molecule has 4 heteroatoms. The van der Waals surface area contributed by atoms with E-state index in [2.05, 4.69) is 104 Å². The van der Waals surface area contributed by atoms with E-state index in [1.165, 1.54) is 22.5 Å². The van der Waals surface area contributed by atoms with Crippen molar-refractivity contribution < 1.29 is 4.79 Å². The third-order valence-electron chi connectivity index (χ3n) is 6.93. The summed E-state index contributed by atoms with van der Waals surface area (Å²) in [5, 5.41) is 3.36. The molecule has 2 aromatic rings. The maximum Gasteiger partial charge on any atom is 0.223 e. The Balaban J connectivity index is 1.73. The molecule has 0 aliphatic carbocycles. The maximum absolute atomic E-state index is 12.5. The first-order valence-corrected chi connectivity index (χ1v) is 11.1. The van der Waals surface area contributed by atoms with Gasteiger partial charge in [0.15, 0.2) is 0 Å². The molecule has 2 aromatic carbocycles. The van der Waals surface area contributed by atoms with Crippen molar-refractivity contribution in [3.05, 3.63) is 65.2 Å². The molecule has 0 radical (unpaired) electrons. The van der Waals surface area contributed by atoms with Crippen LogP contribution in [-0.2, 0) is 10.2 Å². The normalized spacial score (nSPS) is 22.0. The van der Waals surface area contributed by atoms with Gasteiger partial charge in [-0.3, -0.25) is 4.79 Å². The summed E-state index contributed by atoms with van der Waals surface area (Å²) in [6.45, 7) is 13.7. The predicted octanol–water partition coefficient (Wildman–Crippen LogP) is 4.87. The van der Waals surface area contributed by atoms with E-state index >= 15 is 0 Å². The van der Waals surface area contributed by atoms with E-state index in [4.69, 9.17) is 0 Å². The molecule has 158 valence electrons. The fourth-order valence-electron chi connectivity index (χ4n) is 5.07. The van der Waals surface area contributed by atoms with Gasteiger partial charge in [-0.15, -0.1) is 0 Å². The minimum absolute atomic E-state index is 0.116. The summed E-state index contributed by atoms with van der Waals surface area (Å²) >= 11 is 0. The zero-order chi connectivity index (χ0) is 21.5. The quantitative estimate of drug-likeness (QED) is 0.774. The van der Waals surface area contributed by atoms with Crippen molar-refractivity contribution in [1.82, 2.24) is 5.32 Å². The maximum atomic E-state index is 12.5.